The van der Waals surface area contributed by atoms with Crippen molar-refractivity contribution in [2.45, 2.75) is 46.6 Å². The van der Waals surface area contributed by atoms with Crippen molar-refractivity contribution < 1.29 is 4.39 Å². The average Bonchev–Trinajstić information content (AvgIpc) is 3.33. The maximum absolute atomic E-state index is 14.8. The topological polar surface area (TPSA) is 74.5 Å². The summed E-state index contributed by atoms with van der Waals surface area (Å²) in [5.41, 5.74) is 5.18. The number of fused-ring (bicyclic) bond motifs is 2. The van der Waals surface area contributed by atoms with Crippen LogP contribution in [-0.4, -0.2) is 67.9 Å². The Hall–Kier alpha value is -2.70. The van der Waals surface area contributed by atoms with E-state index in [0.717, 1.165) is 49.5 Å². The Kier molecular flexibility index (Phi) is 10.5. The Labute approximate surface area is 241 Å². The van der Waals surface area contributed by atoms with Crippen LogP contribution in [0.25, 0.3) is 16.8 Å². The number of nitrogens with zero attached hydrogens (tertiary/aromatic N) is 7. The summed E-state index contributed by atoms with van der Waals surface area (Å²) in [6.07, 6.45) is 5.76. The van der Waals surface area contributed by atoms with Crippen LogP contribution in [0.5, 0.6) is 0 Å². The summed E-state index contributed by atoms with van der Waals surface area (Å²) in [5.74, 6) is 0.769. The van der Waals surface area contributed by atoms with Crippen molar-refractivity contribution >= 4 is 41.3 Å². The Morgan fingerprint density at radius 3 is 2.63 bits per heavy atom. The second-order valence-electron chi connectivity index (χ2n) is 9.64. The minimum Gasteiger partial charge on any atom is -0.309 e. The van der Waals surface area contributed by atoms with Gasteiger partial charge in [-0.2, -0.15) is 0 Å². The first-order valence-corrected chi connectivity index (χ1v) is 13.0. The summed E-state index contributed by atoms with van der Waals surface area (Å²) >= 11 is 0. The number of aromatic nitrogens is 5. The van der Waals surface area contributed by atoms with E-state index in [0.29, 0.717) is 17.3 Å². The molecule has 4 aromatic rings. The minimum absolute atomic E-state index is 0. The predicted molar refractivity (Wildman–Crippen MR) is 162 cm³/mol. The molecule has 1 N–H and O–H groups in total. The van der Waals surface area contributed by atoms with Crippen molar-refractivity contribution in [2.75, 3.05) is 39.0 Å². The van der Waals surface area contributed by atoms with Crippen LogP contribution < -0.4 is 5.32 Å². The fourth-order valence-electron chi connectivity index (χ4n) is 4.42. The van der Waals surface area contributed by atoms with Crippen LogP contribution in [0, 0.1) is 5.82 Å². The van der Waals surface area contributed by atoms with Crippen LogP contribution in [0.2, 0.25) is 0 Å². The van der Waals surface area contributed by atoms with Gasteiger partial charge in [0.2, 0.25) is 5.95 Å². The van der Waals surface area contributed by atoms with E-state index in [4.69, 9.17) is 4.98 Å². The molecule has 0 bridgehead atoms. The monoisotopic (exact) mass is 632 g/mol. The second-order valence-corrected chi connectivity index (χ2v) is 9.64. The summed E-state index contributed by atoms with van der Waals surface area (Å²) in [6, 6.07) is 7.82. The fourth-order valence-corrected chi connectivity index (χ4v) is 4.42. The van der Waals surface area contributed by atoms with E-state index in [1.54, 1.807) is 6.33 Å². The zero-order valence-corrected chi connectivity index (χ0v) is 25.4. The van der Waals surface area contributed by atoms with E-state index in [-0.39, 0.29) is 35.6 Å². The van der Waals surface area contributed by atoms with E-state index in [2.05, 4.69) is 64.1 Å². The normalized spacial score (nSPS) is 13.2. The standard InChI is InChI=1S/C26H31FN8.C2H6.HI/c1-17(2)24-22-13-18(7-10-35(22)16-29-24)25-20(27)14-28-26(32-25)31-23-6-5-19-15-34(12-11-33(3)4)9-8-21(19)30-23;1-2;/h5-7,10,13-14,16-17H,8-9,11-12,15H2,1-4H3,(H,28,30,31,32);1-2H3;1H. The van der Waals surface area contributed by atoms with Gasteiger partial charge < -0.3 is 14.6 Å². The molecule has 4 aromatic heterocycles. The molecule has 0 atom stereocenters. The molecule has 0 aliphatic carbocycles. The highest BCUT2D eigenvalue weighted by molar-refractivity contribution is 14.0. The lowest BCUT2D eigenvalue weighted by Crippen LogP contribution is -2.36. The number of hydrogen-bond donors (Lipinski definition) is 1. The summed E-state index contributed by atoms with van der Waals surface area (Å²) in [4.78, 5) is 22.6. The molecule has 0 fully saturated rings. The van der Waals surface area contributed by atoms with Crippen LogP contribution in [0.15, 0.2) is 43.0 Å². The van der Waals surface area contributed by atoms with Crippen LogP contribution >= 0.6 is 24.0 Å². The third-order valence-corrected chi connectivity index (χ3v) is 6.36. The first-order valence-electron chi connectivity index (χ1n) is 13.0. The number of halogens is 2. The molecule has 0 amide bonds. The fraction of sp³-hybridized carbons (Fsp3) is 0.429. The number of hydrogen-bond acceptors (Lipinski definition) is 7. The van der Waals surface area contributed by atoms with Crippen molar-refractivity contribution in [3.8, 4) is 11.3 Å². The Morgan fingerprint density at radius 1 is 1.11 bits per heavy atom. The highest BCUT2D eigenvalue weighted by Crippen LogP contribution is 2.27. The molecule has 0 saturated heterocycles. The molecule has 0 spiro atoms. The van der Waals surface area contributed by atoms with Gasteiger partial charge in [0.15, 0.2) is 5.82 Å². The Balaban J connectivity index is 0.00000130. The molecule has 10 heteroatoms. The summed E-state index contributed by atoms with van der Waals surface area (Å²) in [6.45, 7) is 12.2. The van der Waals surface area contributed by atoms with Crippen LogP contribution in [0.1, 0.15) is 50.6 Å². The van der Waals surface area contributed by atoms with Gasteiger partial charge in [0.1, 0.15) is 11.5 Å². The zero-order valence-electron chi connectivity index (χ0n) is 23.1. The molecule has 1 aliphatic heterocycles. The molecule has 8 nitrogen and oxygen atoms in total. The van der Waals surface area contributed by atoms with E-state index in [1.165, 1.54) is 11.8 Å². The maximum Gasteiger partial charge on any atom is 0.229 e. The third kappa shape index (κ3) is 6.83. The Bertz CT molecular complexity index is 1350. The lowest BCUT2D eigenvalue weighted by molar-refractivity contribution is 0.224. The lowest BCUT2D eigenvalue weighted by Gasteiger charge is -2.29. The van der Waals surface area contributed by atoms with Gasteiger partial charge in [-0.05, 0) is 43.8 Å². The molecular weight excluding hydrogens is 594 g/mol. The number of imidazole rings is 1. The number of nitrogens with one attached hydrogen (secondary N) is 1. The van der Waals surface area contributed by atoms with E-state index in [1.807, 2.05) is 42.6 Å². The quantitative estimate of drug-likeness (QED) is 0.260. The van der Waals surface area contributed by atoms with Gasteiger partial charge in [0.25, 0.3) is 0 Å². The van der Waals surface area contributed by atoms with Gasteiger partial charge in [0.05, 0.1) is 23.7 Å². The van der Waals surface area contributed by atoms with E-state index < -0.39 is 5.82 Å². The first kappa shape index (κ1) is 29.9. The molecule has 0 aromatic carbocycles. The van der Waals surface area contributed by atoms with Crippen molar-refractivity contribution in [2.24, 2.45) is 0 Å². The van der Waals surface area contributed by atoms with Gasteiger partial charge in [0, 0.05) is 50.1 Å². The predicted octanol–water partition coefficient (Wildman–Crippen LogP) is 5.76. The SMILES string of the molecule is CC.CC(C)c1ncn2ccc(-c3nc(Nc4ccc5c(n4)CCN(CCN(C)C)C5)ncc3F)cc12.I. The molecule has 5 heterocycles. The van der Waals surface area contributed by atoms with Crippen LogP contribution in [0.3, 0.4) is 0 Å². The summed E-state index contributed by atoms with van der Waals surface area (Å²) < 4.78 is 16.7. The van der Waals surface area contributed by atoms with Gasteiger partial charge in [-0.15, -0.1) is 24.0 Å². The van der Waals surface area contributed by atoms with Crippen LogP contribution in [-0.2, 0) is 13.0 Å². The third-order valence-electron chi connectivity index (χ3n) is 6.36. The molecular formula is C28H38FIN8. The van der Waals surface area contributed by atoms with Crippen molar-refractivity contribution in [1.29, 1.82) is 0 Å². The number of likely N-dealkylation sites (N-methyl/N-ethyl adjacent to an activating group) is 1. The molecule has 204 valence electrons. The van der Waals surface area contributed by atoms with Crippen LogP contribution in [0.4, 0.5) is 16.2 Å². The largest absolute Gasteiger partial charge is 0.309 e. The van der Waals surface area contributed by atoms with Gasteiger partial charge in [-0.1, -0.05) is 33.8 Å². The zero-order chi connectivity index (χ0) is 26.5. The summed E-state index contributed by atoms with van der Waals surface area (Å²) in [5, 5.41) is 3.17. The molecule has 38 heavy (non-hydrogen) atoms. The smallest absolute Gasteiger partial charge is 0.229 e. The second kappa shape index (κ2) is 13.4. The van der Waals surface area contributed by atoms with E-state index >= 15 is 0 Å². The van der Waals surface area contributed by atoms with Gasteiger partial charge in [-0.25, -0.2) is 24.3 Å². The van der Waals surface area contributed by atoms with Gasteiger partial charge in [-0.3, -0.25) is 4.90 Å². The van der Waals surface area contributed by atoms with Gasteiger partial charge >= 0.3 is 0 Å². The van der Waals surface area contributed by atoms with Crippen molar-refractivity contribution in [1.82, 2.24) is 34.1 Å². The number of pyridine rings is 2. The highest BCUT2D eigenvalue weighted by atomic mass is 127. The molecule has 0 saturated carbocycles. The maximum atomic E-state index is 14.8. The molecule has 0 radical (unpaired) electrons. The first-order chi connectivity index (χ1) is 17.9. The molecule has 1 aliphatic rings. The van der Waals surface area contributed by atoms with Crippen molar-refractivity contribution in [3.05, 3.63) is 65.8 Å². The number of anilines is 2. The number of rotatable bonds is 7. The van der Waals surface area contributed by atoms with E-state index in [9.17, 15) is 4.39 Å². The molecule has 5 rings (SSSR count). The highest BCUT2D eigenvalue weighted by Gasteiger charge is 2.18. The summed E-state index contributed by atoms with van der Waals surface area (Å²) in [7, 11) is 4.19. The Morgan fingerprint density at radius 2 is 1.89 bits per heavy atom. The minimum atomic E-state index is -0.471. The molecule has 0 unspecified atom stereocenters. The average molecular weight is 633 g/mol. The lowest BCUT2D eigenvalue weighted by atomic mass is 10.1. The van der Waals surface area contributed by atoms with Crippen molar-refractivity contribution in [3.63, 3.8) is 0 Å².